The second-order valence-electron chi connectivity index (χ2n) is 8.00. The summed E-state index contributed by atoms with van der Waals surface area (Å²) in [4.78, 5) is 26.2. The Hall–Kier alpha value is -3.58. The zero-order valence-electron chi connectivity index (χ0n) is 18.4. The molecule has 1 saturated heterocycles. The van der Waals surface area contributed by atoms with Crippen molar-refractivity contribution in [1.29, 1.82) is 0 Å². The van der Waals surface area contributed by atoms with Gasteiger partial charge in [0.15, 0.2) is 5.75 Å². The van der Waals surface area contributed by atoms with Gasteiger partial charge in [0, 0.05) is 37.9 Å². The Labute approximate surface area is 197 Å². The molecule has 33 heavy (non-hydrogen) atoms. The van der Waals surface area contributed by atoms with E-state index in [2.05, 4.69) is 9.88 Å². The van der Waals surface area contributed by atoms with E-state index in [-0.39, 0.29) is 17.1 Å². The minimum Gasteiger partial charge on any atom is -0.497 e. The highest BCUT2D eigenvalue weighted by atomic mass is 35.5. The Morgan fingerprint density at radius 1 is 1.12 bits per heavy atom. The van der Waals surface area contributed by atoms with Crippen molar-refractivity contribution in [1.82, 2.24) is 14.8 Å². The number of benzene rings is 2. The molecule has 0 bridgehead atoms. The van der Waals surface area contributed by atoms with Gasteiger partial charge in [-0.15, -0.1) is 0 Å². The third-order valence-electron chi connectivity index (χ3n) is 5.92. The van der Waals surface area contributed by atoms with E-state index < -0.39 is 0 Å². The molecule has 0 radical (unpaired) electrons. The van der Waals surface area contributed by atoms with E-state index in [1.165, 1.54) is 0 Å². The molecule has 2 aliphatic heterocycles. The van der Waals surface area contributed by atoms with Crippen LogP contribution >= 0.6 is 11.6 Å². The van der Waals surface area contributed by atoms with Crippen molar-refractivity contribution >= 4 is 29.0 Å². The third kappa shape index (κ3) is 4.00. The first-order chi connectivity index (χ1) is 16.0. The van der Waals surface area contributed by atoms with Crippen molar-refractivity contribution in [2.24, 2.45) is 4.99 Å². The molecule has 1 amide bonds. The van der Waals surface area contributed by atoms with Crippen LogP contribution in [0.4, 0.5) is 5.69 Å². The first-order valence-electron chi connectivity index (χ1n) is 10.8. The molecule has 1 unspecified atom stereocenters. The van der Waals surface area contributed by atoms with Crippen LogP contribution in [-0.4, -0.2) is 59.3 Å². The monoisotopic (exact) mass is 462 g/mol. The van der Waals surface area contributed by atoms with Gasteiger partial charge in [0.05, 0.1) is 18.2 Å². The first kappa shape index (κ1) is 21.3. The van der Waals surface area contributed by atoms with Crippen LogP contribution in [-0.2, 0) is 0 Å². The predicted molar refractivity (Wildman–Crippen MR) is 127 cm³/mol. The summed E-state index contributed by atoms with van der Waals surface area (Å²) in [5.41, 5.74) is 2.07. The van der Waals surface area contributed by atoms with E-state index in [1.807, 2.05) is 54.3 Å². The quantitative estimate of drug-likeness (QED) is 0.513. The lowest BCUT2D eigenvalue weighted by molar-refractivity contribution is 0.0581. The van der Waals surface area contributed by atoms with Crippen molar-refractivity contribution in [2.75, 3.05) is 26.7 Å². The number of hydrogen-bond donors (Lipinski definition) is 0. The minimum absolute atomic E-state index is 0.0497. The Balaban J connectivity index is 1.46. The number of pyridine rings is 1. The number of hydrogen-bond acceptors (Lipinski definition) is 6. The number of aromatic nitrogens is 1. The number of aliphatic imine (C=N–C) groups is 1. The second kappa shape index (κ2) is 8.75. The molecule has 7 nitrogen and oxygen atoms in total. The Kier molecular flexibility index (Phi) is 5.64. The molecule has 0 spiro atoms. The van der Waals surface area contributed by atoms with E-state index in [1.54, 1.807) is 25.4 Å². The van der Waals surface area contributed by atoms with E-state index in [9.17, 15) is 4.79 Å². The van der Waals surface area contributed by atoms with Crippen LogP contribution in [0.2, 0.25) is 5.15 Å². The molecule has 3 heterocycles. The molecule has 2 aromatic carbocycles. The third-order valence-corrected chi connectivity index (χ3v) is 6.22. The van der Waals surface area contributed by atoms with Crippen LogP contribution in [0, 0.1) is 0 Å². The highest BCUT2D eigenvalue weighted by molar-refractivity contribution is 6.32. The predicted octanol–water partition coefficient (Wildman–Crippen LogP) is 4.77. The summed E-state index contributed by atoms with van der Waals surface area (Å²) in [5.74, 6) is 2.80. The lowest BCUT2D eigenvalue weighted by Crippen LogP contribution is -2.55. The van der Waals surface area contributed by atoms with Crippen molar-refractivity contribution in [2.45, 2.75) is 13.0 Å². The lowest BCUT2D eigenvalue weighted by atomic mass is 10.1. The number of fused-ring (bicyclic) bond motifs is 2. The number of nitrogens with zero attached hydrogens (tertiary/aromatic N) is 4. The summed E-state index contributed by atoms with van der Waals surface area (Å²) in [6.07, 6.45) is 1.58. The molecule has 1 aromatic heterocycles. The molecule has 2 aliphatic rings. The fourth-order valence-electron chi connectivity index (χ4n) is 4.22. The highest BCUT2D eigenvalue weighted by Crippen LogP contribution is 2.39. The molecule has 8 heteroatoms. The number of methoxy groups -OCH3 is 1. The normalized spacial score (nSPS) is 17.3. The Morgan fingerprint density at radius 2 is 1.97 bits per heavy atom. The Bertz CT molecular complexity index is 1250. The largest absolute Gasteiger partial charge is 0.497 e. The summed E-state index contributed by atoms with van der Waals surface area (Å²) in [6, 6.07) is 16.8. The maximum Gasteiger partial charge on any atom is 0.257 e. The van der Waals surface area contributed by atoms with Crippen molar-refractivity contribution in [3.63, 3.8) is 0 Å². The molecule has 0 aliphatic carbocycles. The minimum atomic E-state index is -0.109. The van der Waals surface area contributed by atoms with Crippen molar-refractivity contribution in [3.05, 3.63) is 77.1 Å². The number of carbonyl (C=O) groups excluding carboxylic acids is 1. The highest BCUT2D eigenvalue weighted by Gasteiger charge is 2.32. The number of ether oxygens (including phenoxy) is 2. The first-order valence-corrected chi connectivity index (χ1v) is 11.1. The number of halogens is 1. The topological polar surface area (TPSA) is 67.3 Å². The number of para-hydroxylation sites is 2. The average Bonchev–Trinajstić information content (AvgIpc) is 3.00. The lowest BCUT2D eigenvalue weighted by Gasteiger charge is -2.41. The van der Waals surface area contributed by atoms with Gasteiger partial charge >= 0.3 is 0 Å². The number of amidine groups is 1. The van der Waals surface area contributed by atoms with Crippen molar-refractivity contribution < 1.29 is 14.3 Å². The smallest absolute Gasteiger partial charge is 0.257 e. The molecular formula is C25H23ClN4O3. The molecule has 5 rings (SSSR count). The van der Waals surface area contributed by atoms with Gasteiger partial charge in [-0.2, -0.15) is 0 Å². The van der Waals surface area contributed by atoms with Gasteiger partial charge in [-0.3, -0.25) is 4.79 Å². The maximum atomic E-state index is 13.1. The summed E-state index contributed by atoms with van der Waals surface area (Å²) in [7, 11) is 1.63. The second-order valence-corrected chi connectivity index (χ2v) is 8.36. The number of piperazine rings is 1. The maximum absolute atomic E-state index is 13.1. The standard InChI is InChI=1S/C25H23ClN4O3/c1-16-15-29(12-13-30(16)25(31)19-6-5-11-27-23(19)26)24-18-10-9-17(32-2)14-22(18)33-21-8-4-3-7-20(21)28-24/h3-11,14,16H,12-13,15H2,1-2H3. The zero-order chi connectivity index (χ0) is 22.9. The number of carbonyl (C=O) groups is 1. The summed E-state index contributed by atoms with van der Waals surface area (Å²) < 4.78 is 11.6. The van der Waals surface area contributed by atoms with Crippen LogP contribution in [0.25, 0.3) is 0 Å². The van der Waals surface area contributed by atoms with Gasteiger partial charge in [0.1, 0.15) is 28.2 Å². The summed E-state index contributed by atoms with van der Waals surface area (Å²) >= 11 is 6.17. The van der Waals surface area contributed by atoms with Crippen molar-refractivity contribution in [3.8, 4) is 17.2 Å². The number of rotatable bonds is 2. The summed E-state index contributed by atoms with van der Waals surface area (Å²) in [5, 5.41) is 0.224. The van der Waals surface area contributed by atoms with Gasteiger partial charge in [-0.1, -0.05) is 23.7 Å². The van der Waals surface area contributed by atoms with E-state index in [4.69, 9.17) is 26.1 Å². The molecule has 1 fully saturated rings. The van der Waals surface area contributed by atoms with Gasteiger partial charge in [0.25, 0.3) is 5.91 Å². The molecule has 3 aromatic rings. The SMILES string of the molecule is COc1ccc2c(c1)Oc1ccccc1N=C2N1CCN(C(=O)c2cccnc2Cl)C(C)C1. The van der Waals surface area contributed by atoms with Crippen LogP contribution < -0.4 is 9.47 Å². The van der Waals surface area contributed by atoms with Crippen LogP contribution in [0.1, 0.15) is 22.8 Å². The van der Waals surface area contributed by atoms with Crippen LogP contribution in [0.15, 0.2) is 65.8 Å². The van der Waals surface area contributed by atoms with Gasteiger partial charge in [-0.25, -0.2) is 9.98 Å². The van der Waals surface area contributed by atoms with Crippen LogP contribution in [0.5, 0.6) is 17.2 Å². The van der Waals surface area contributed by atoms with E-state index in [0.29, 0.717) is 42.4 Å². The van der Waals surface area contributed by atoms with Gasteiger partial charge < -0.3 is 19.3 Å². The molecule has 0 saturated carbocycles. The molecule has 168 valence electrons. The Morgan fingerprint density at radius 3 is 2.76 bits per heavy atom. The fraction of sp³-hybridized carbons (Fsp3) is 0.240. The molecule has 0 N–H and O–H groups in total. The molecular weight excluding hydrogens is 440 g/mol. The average molecular weight is 463 g/mol. The fourth-order valence-corrected chi connectivity index (χ4v) is 4.42. The summed E-state index contributed by atoms with van der Waals surface area (Å²) in [6.45, 7) is 3.82. The zero-order valence-corrected chi connectivity index (χ0v) is 19.1. The van der Waals surface area contributed by atoms with Gasteiger partial charge in [0.2, 0.25) is 0 Å². The molecule has 1 atom stereocenters. The number of amides is 1. The van der Waals surface area contributed by atoms with Gasteiger partial charge in [-0.05, 0) is 43.3 Å². The van der Waals surface area contributed by atoms with E-state index >= 15 is 0 Å². The van der Waals surface area contributed by atoms with E-state index in [0.717, 1.165) is 17.1 Å². The van der Waals surface area contributed by atoms with Crippen LogP contribution in [0.3, 0.4) is 0 Å².